The van der Waals surface area contributed by atoms with E-state index >= 15 is 0 Å². The Bertz CT molecular complexity index is 852. The molecule has 4 rings (SSSR count). The van der Waals surface area contributed by atoms with Crippen molar-refractivity contribution in [1.29, 1.82) is 0 Å². The first-order valence-corrected chi connectivity index (χ1v) is 9.91. The van der Waals surface area contributed by atoms with Gasteiger partial charge in [0.25, 0.3) is 5.56 Å². The predicted octanol–water partition coefficient (Wildman–Crippen LogP) is 2.70. The van der Waals surface area contributed by atoms with Gasteiger partial charge in [-0.15, -0.1) is 0 Å². The zero-order chi connectivity index (χ0) is 17.9. The Balaban J connectivity index is 1.30. The smallest absolute Gasteiger partial charge is 0.255 e. The highest BCUT2D eigenvalue weighted by Gasteiger charge is 2.25. The topological polar surface area (TPSA) is 55.1 Å². The van der Waals surface area contributed by atoms with E-state index in [2.05, 4.69) is 50.1 Å². The Morgan fingerprint density at radius 2 is 1.81 bits per heavy atom. The van der Waals surface area contributed by atoms with E-state index in [0.717, 1.165) is 49.8 Å². The quantitative estimate of drug-likeness (QED) is 0.813. The molecule has 2 aliphatic rings. The van der Waals surface area contributed by atoms with Crippen LogP contribution in [0, 0.1) is 10.7 Å². The van der Waals surface area contributed by atoms with Crippen molar-refractivity contribution in [3.63, 3.8) is 0 Å². The third-order valence-corrected chi connectivity index (χ3v) is 5.87. The lowest BCUT2D eigenvalue weighted by Crippen LogP contribution is -2.41. The second-order valence-corrected chi connectivity index (χ2v) is 7.96. The summed E-state index contributed by atoms with van der Waals surface area (Å²) in [6.45, 7) is 6.30. The summed E-state index contributed by atoms with van der Waals surface area (Å²) in [5.41, 5.74) is 3.27. The fourth-order valence-corrected chi connectivity index (χ4v) is 4.44. The average molecular weight is 371 g/mol. The van der Waals surface area contributed by atoms with Gasteiger partial charge in [0.15, 0.2) is 4.77 Å². The number of nitrogens with one attached hydrogen (secondary N) is 2. The van der Waals surface area contributed by atoms with Crippen LogP contribution in [0.1, 0.15) is 29.7 Å². The molecular formula is C20H26N4OS. The SMILES string of the molecule is O=c1[nH]c(=S)[nH]c2c1CCN(CC1CCN(Cc3ccccc3)CC1)C2. The third-order valence-electron chi connectivity index (χ3n) is 5.66. The van der Waals surface area contributed by atoms with Gasteiger partial charge in [-0.25, -0.2) is 0 Å². The number of fused-ring (bicyclic) bond motifs is 1. The van der Waals surface area contributed by atoms with E-state index in [0.29, 0.717) is 4.77 Å². The van der Waals surface area contributed by atoms with Crippen LogP contribution in [0.25, 0.3) is 0 Å². The fourth-order valence-electron chi connectivity index (χ4n) is 4.22. The monoisotopic (exact) mass is 370 g/mol. The van der Waals surface area contributed by atoms with E-state index in [4.69, 9.17) is 12.2 Å². The molecule has 2 N–H and O–H groups in total. The van der Waals surface area contributed by atoms with Gasteiger partial charge in [-0.1, -0.05) is 30.3 Å². The Morgan fingerprint density at radius 3 is 2.58 bits per heavy atom. The summed E-state index contributed by atoms with van der Waals surface area (Å²) in [6.07, 6.45) is 3.31. The highest BCUT2D eigenvalue weighted by Crippen LogP contribution is 2.22. The summed E-state index contributed by atoms with van der Waals surface area (Å²) in [7, 11) is 0. The molecule has 0 saturated carbocycles. The van der Waals surface area contributed by atoms with Crippen molar-refractivity contribution in [2.24, 2.45) is 5.92 Å². The minimum Gasteiger partial charge on any atom is -0.334 e. The average Bonchev–Trinajstić information content (AvgIpc) is 2.64. The van der Waals surface area contributed by atoms with E-state index in [1.165, 1.54) is 31.5 Å². The number of rotatable bonds is 4. The van der Waals surface area contributed by atoms with Crippen LogP contribution in [0.3, 0.4) is 0 Å². The van der Waals surface area contributed by atoms with Crippen LogP contribution in [-0.2, 0) is 19.5 Å². The molecule has 6 heteroatoms. The number of piperidine rings is 1. The van der Waals surface area contributed by atoms with Crippen molar-refractivity contribution < 1.29 is 0 Å². The number of H-pyrrole nitrogens is 2. The summed E-state index contributed by atoms with van der Waals surface area (Å²) < 4.78 is 0.435. The van der Waals surface area contributed by atoms with E-state index in [9.17, 15) is 4.79 Å². The molecule has 0 radical (unpaired) electrons. The summed E-state index contributed by atoms with van der Waals surface area (Å²) in [5.74, 6) is 0.744. The van der Waals surface area contributed by atoms with Crippen LogP contribution in [0.2, 0.25) is 0 Å². The molecule has 0 amide bonds. The van der Waals surface area contributed by atoms with Crippen molar-refractivity contribution in [2.75, 3.05) is 26.2 Å². The molecule has 1 aromatic carbocycles. The zero-order valence-corrected chi connectivity index (χ0v) is 15.9. The molecule has 5 nitrogen and oxygen atoms in total. The molecular weight excluding hydrogens is 344 g/mol. The van der Waals surface area contributed by atoms with Crippen LogP contribution in [0.15, 0.2) is 35.1 Å². The zero-order valence-electron chi connectivity index (χ0n) is 15.0. The van der Waals surface area contributed by atoms with Crippen LogP contribution in [-0.4, -0.2) is 45.9 Å². The van der Waals surface area contributed by atoms with E-state index < -0.39 is 0 Å². The molecule has 2 aromatic rings. The molecule has 1 aromatic heterocycles. The Morgan fingerprint density at radius 1 is 1.04 bits per heavy atom. The first-order valence-electron chi connectivity index (χ1n) is 9.50. The molecule has 0 bridgehead atoms. The van der Waals surface area contributed by atoms with Gasteiger partial charge < -0.3 is 4.98 Å². The lowest BCUT2D eigenvalue weighted by molar-refractivity contribution is 0.131. The molecule has 2 aliphatic heterocycles. The van der Waals surface area contributed by atoms with E-state index in [1.807, 2.05) is 0 Å². The highest BCUT2D eigenvalue weighted by atomic mass is 32.1. The maximum absolute atomic E-state index is 12.0. The fraction of sp³-hybridized carbons (Fsp3) is 0.500. The molecule has 1 fully saturated rings. The lowest BCUT2D eigenvalue weighted by atomic mass is 9.94. The predicted molar refractivity (Wildman–Crippen MR) is 106 cm³/mol. The summed E-state index contributed by atoms with van der Waals surface area (Å²) in [6, 6.07) is 10.7. The Hall–Kier alpha value is -1.76. The molecule has 1 saturated heterocycles. The Kier molecular flexibility index (Phi) is 5.33. The maximum atomic E-state index is 12.0. The van der Waals surface area contributed by atoms with Crippen LogP contribution in [0.4, 0.5) is 0 Å². The van der Waals surface area contributed by atoms with Gasteiger partial charge >= 0.3 is 0 Å². The minimum atomic E-state index is -0.0161. The Labute approximate surface area is 159 Å². The van der Waals surface area contributed by atoms with Crippen molar-refractivity contribution in [1.82, 2.24) is 19.8 Å². The van der Waals surface area contributed by atoms with Crippen molar-refractivity contribution >= 4 is 12.2 Å². The number of hydrogen-bond acceptors (Lipinski definition) is 4. The summed E-state index contributed by atoms with van der Waals surface area (Å²) in [4.78, 5) is 22.9. The van der Waals surface area contributed by atoms with Crippen LogP contribution < -0.4 is 5.56 Å². The molecule has 3 heterocycles. The number of benzene rings is 1. The van der Waals surface area contributed by atoms with Crippen molar-refractivity contribution in [3.05, 3.63) is 62.3 Å². The lowest BCUT2D eigenvalue weighted by Gasteiger charge is -2.36. The second-order valence-electron chi connectivity index (χ2n) is 7.56. The van der Waals surface area contributed by atoms with Crippen LogP contribution >= 0.6 is 12.2 Å². The van der Waals surface area contributed by atoms with Gasteiger partial charge in [-0.3, -0.25) is 19.6 Å². The summed E-state index contributed by atoms with van der Waals surface area (Å²) in [5, 5.41) is 0. The second kappa shape index (κ2) is 7.86. The van der Waals surface area contributed by atoms with Gasteiger partial charge in [0.1, 0.15) is 0 Å². The van der Waals surface area contributed by atoms with Gasteiger partial charge in [-0.2, -0.15) is 0 Å². The molecule has 0 unspecified atom stereocenters. The first kappa shape index (κ1) is 17.6. The molecule has 0 spiro atoms. The highest BCUT2D eigenvalue weighted by molar-refractivity contribution is 7.71. The first-order chi connectivity index (χ1) is 12.7. The minimum absolute atomic E-state index is 0.0161. The maximum Gasteiger partial charge on any atom is 0.255 e. The molecule has 0 atom stereocenters. The van der Waals surface area contributed by atoms with Crippen molar-refractivity contribution in [3.8, 4) is 0 Å². The number of likely N-dealkylation sites (tertiary alicyclic amines) is 1. The number of hydrogen-bond donors (Lipinski definition) is 2. The van der Waals surface area contributed by atoms with E-state index in [-0.39, 0.29) is 5.56 Å². The molecule has 26 heavy (non-hydrogen) atoms. The van der Waals surface area contributed by atoms with Gasteiger partial charge in [0.05, 0.1) is 0 Å². The van der Waals surface area contributed by atoms with Gasteiger partial charge in [-0.05, 0) is 56.1 Å². The largest absolute Gasteiger partial charge is 0.334 e. The van der Waals surface area contributed by atoms with Crippen LogP contribution in [0.5, 0.6) is 0 Å². The summed E-state index contributed by atoms with van der Waals surface area (Å²) >= 11 is 5.12. The normalized spacial score (nSPS) is 19.4. The standard InChI is InChI=1S/C20H26N4OS/c25-19-17-8-11-24(14-18(17)21-20(26)22-19)13-16-6-9-23(10-7-16)12-15-4-2-1-3-5-15/h1-5,16H,6-14H2,(H2,21,22,25,26). The van der Waals surface area contributed by atoms with Gasteiger partial charge in [0.2, 0.25) is 0 Å². The third kappa shape index (κ3) is 4.14. The number of aromatic amines is 2. The molecule has 0 aliphatic carbocycles. The van der Waals surface area contributed by atoms with E-state index in [1.54, 1.807) is 0 Å². The number of aromatic nitrogens is 2. The molecule has 138 valence electrons. The van der Waals surface area contributed by atoms with Crippen molar-refractivity contribution in [2.45, 2.75) is 32.4 Å². The van der Waals surface area contributed by atoms with Gasteiger partial charge in [0, 0.05) is 37.4 Å². The number of nitrogens with zero attached hydrogens (tertiary/aromatic N) is 2.